The maximum atomic E-state index is 10.5. The van der Waals surface area contributed by atoms with Crippen LogP contribution in [-0.2, 0) is 9.53 Å². The molecule has 0 aromatic rings. The Hall–Kier alpha value is -0.610. The van der Waals surface area contributed by atoms with Crippen LogP contribution in [0.1, 0.15) is 25.7 Å². The Bertz CT molecular complexity index is 227. The Balaban J connectivity index is 1.90. The topological polar surface area (TPSA) is 72.6 Å². The number of carbonyl (C=O) groups is 1. The number of hydrogen-bond donors (Lipinski definition) is 2. The summed E-state index contributed by atoms with van der Waals surface area (Å²) in [7, 11) is 0. The first-order valence-corrected chi connectivity index (χ1v) is 4.71. The summed E-state index contributed by atoms with van der Waals surface area (Å²) in [5, 5.41) is 8.64. The molecule has 2 atom stereocenters. The van der Waals surface area contributed by atoms with Crippen molar-refractivity contribution in [2.24, 2.45) is 11.7 Å². The van der Waals surface area contributed by atoms with E-state index in [4.69, 9.17) is 15.6 Å². The molecule has 4 nitrogen and oxygen atoms in total. The quantitative estimate of drug-likeness (QED) is 0.665. The lowest BCUT2D eigenvalue weighted by Gasteiger charge is -2.18. The van der Waals surface area contributed by atoms with Crippen LogP contribution in [0.15, 0.2) is 0 Å². The van der Waals surface area contributed by atoms with E-state index < -0.39 is 11.5 Å². The van der Waals surface area contributed by atoms with Crippen LogP contribution in [-0.4, -0.2) is 29.3 Å². The summed E-state index contributed by atoms with van der Waals surface area (Å²) in [5.41, 5.74) is 5.30. The molecule has 2 rings (SSSR count). The van der Waals surface area contributed by atoms with Crippen molar-refractivity contribution in [3.63, 3.8) is 0 Å². The van der Waals surface area contributed by atoms with Gasteiger partial charge in [0.2, 0.25) is 0 Å². The molecule has 0 bridgehead atoms. The molecular formula is C9H15NO3. The molecule has 0 aromatic carbocycles. The second-order valence-corrected chi connectivity index (χ2v) is 4.32. The van der Waals surface area contributed by atoms with Crippen molar-refractivity contribution >= 4 is 5.97 Å². The monoisotopic (exact) mass is 185 g/mol. The second-order valence-electron chi connectivity index (χ2n) is 4.32. The summed E-state index contributed by atoms with van der Waals surface area (Å²) in [6.45, 7) is 0.403. The molecule has 4 heteroatoms. The third-order valence-corrected chi connectivity index (χ3v) is 2.84. The zero-order valence-electron chi connectivity index (χ0n) is 7.53. The van der Waals surface area contributed by atoms with Crippen molar-refractivity contribution in [3.8, 4) is 0 Å². The summed E-state index contributed by atoms with van der Waals surface area (Å²) in [4.78, 5) is 10.5. The Labute approximate surface area is 77.1 Å². The first kappa shape index (κ1) is 8.97. The minimum atomic E-state index is -0.831. The summed E-state index contributed by atoms with van der Waals surface area (Å²) < 4.78 is 5.51. The standard InChI is InChI=1S/C9H15NO3/c10-9(4-8(11)12)3-7(13-5-9)6-1-2-6/h6-7H,1-5,10H2,(H,11,12). The third kappa shape index (κ3) is 2.00. The molecule has 1 aliphatic heterocycles. The van der Waals surface area contributed by atoms with Gasteiger partial charge in [0.25, 0.3) is 0 Å². The molecule has 2 unspecified atom stereocenters. The van der Waals surface area contributed by atoms with Crippen molar-refractivity contribution in [3.05, 3.63) is 0 Å². The van der Waals surface area contributed by atoms with Gasteiger partial charge in [0.15, 0.2) is 0 Å². The smallest absolute Gasteiger partial charge is 0.305 e. The van der Waals surface area contributed by atoms with Gasteiger partial charge in [-0.25, -0.2) is 0 Å². The van der Waals surface area contributed by atoms with Crippen molar-refractivity contribution in [2.75, 3.05) is 6.61 Å². The van der Waals surface area contributed by atoms with E-state index in [0.29, 0.717) is 18.9 Å². The Kier molecular flexibility index (Phi) is 2.04. The summed E-state index contributed by atoms with van der Waals surface area (Å²) in [6.07, 6.45) is 3.39. The highest BCUT2D eigenvalue weighted by molar-refractivity contribution is 5.68. The van der Waals surface area contributed by atoms with Gasteiger partial charge in [0.05, 0.1) is 24.7 Å². The van der Waals surface area contributed by atoms with Crippen molar-refractivity contribution in [2.45, 2.75) is 37.3 Å². The molecule has 1 saturated carbocycles. The Morgan fingerprint density at radius 2 is 2.31 bits per heavy atom. The summed E-state index contributed by atoms with van der Waals surface area (Å²) in [5.74, 6) is -0.179. The highest BCUT2D eigenvalue weighted by Gasteiger charge is 2.44. The lowest BCUT2D eigenvalue weighted by Crippen LogP contribution is -2.42. The van der Waals surface area contributed by atoms with E-state index in [9.17, 15) is 4.79 Å². The second kappa shape index (κ2) is 2.96. The van der Waals surface area contributed by atoms with Gasteiger partial charge in [-0.15, -0.1) is 0 Å². The Morgan fingerprint density at radius 3 is 2.85 bits per heavy atom. The van der Waals surface area contributed by atoms with Crippen molar-refractivity contribution in [1.29, 1.82) is 0 Å². The minimum absolute atomic E-state index is 0.0240. The highest BCUT2D eigenvalue weighted by atomic mass is 16.5. The number of aliphatic carboxylic acids is 1. The van der Waals surface area contributed by atoms with E-state index in [-0.39, 0.29) is 12.5 Å². The molecule has 3 N–H and O–H groups in total. The van der Waals surface area contributed by atoms with Crippen LogP contribution >= 0.6 is 0 Å². The molecule has 0 aromatic heterocycles. The van der Waals surface area contributed by atoms with Crippen LogP contribution in [0.5, 0.6) is 0 Å². The normalized spacial score (nSPS) is 39.3. The van der Waals surface area contributed by atoms with Gasteiger partial charge < -0.3 is 15.6 Å². The predicted octanol–water partition coefficient (Wildman–Crippen LogP) is 0.357. The molecule has 1 aliphatic carbocycles. The minimum Gasteiger partial charge on any atom is -0.481 e. The van der Waals surface area contributed by atoms with Crippen LogP contribution in [0.25, 0.3) is 0 Å². The number of carboxylic acids is 1. The number of carboxylic acid groups (broad SMARTS) is 1. The fourth-order valence-electron chi connectivity index (χ4n) is 1.99. The van der Waals surface area contributed by atoms with E-state index in [1.807, 2.05) is 0 Å². The van der Waals surface area contributed by atoms with Crippen LogP contribution in [0.3, 0.4) is 0 Å². The molecule has 1 heterocycles. The zero-order chi connectivity index (χ0) is 9.47. The maximum absolute atomic E-state index is 10.5. The van der Waals surface area contributed by atoms with Crippen molar-refractivity contribution in [1.82, 2.24) is 0 Å². The van der Waals surface area contributed by atoms with Gasteiger partial charge >= 0.3 is 5.97 Å². The largest absolute Gasteiger partial charge is 0.481 e. The van der Waals surface area contributed by atoms with Gasteiger partial charge in [-0.05, 0) is 25.2 Å². The van der Waals surface area contributed by atoms with Gasteiger partial charge in [0, 0.05) is 0 Å². The first-order chi connectivity index (χ1) is 6.09. The molecule has 74 valence electrons. The maximum Gasteiger partial charge on any atom is 0.305 e. The third-order valence-electron chi connectivity index (χ3n) is 2.84. The lowest BCUT2D eigenvalue weighted by molar-refractivity contribution is -0.138. The van der Waals surface area contributed by atoms with E-state index in [0.717, 1.165) is 0 Å². The molecule has 0 amide bonds. The van der Waals surface area contributed by atoms with Crippen LogP contribution < -0.4 is 5.73 Å². The van der Waals surface area contributed by atoms with Crippen molar-refractivity contribution < 1.29 is 14.6 Å². The average Bonchev–Trinajstić information content (AvgIpc) is 2.75. The molecule has 2 aliphatic rings. The fourth-order valence-corrected chi connectivity index (χ4v) is 1.99. The predicted molar refractivity (Wildman–Crippen MR) is 46.3 cm³/mol. The van der Waals surface area contributed by atoms with E-state index in [2.05, 4.69) is 0 Å². The number of rotatable bonds is 3. The van der Waals surface area contributed by atoms with Gasteiger partial charge in [-0.1, -0.05) is 0 Å². The van der Waals surface area contributed by atoms with E-state index in [1.54, 1.807) is 0 Å². The molecule has 0 spiro atoms. The van der Waals surface area contributed by atoms with E-state index in [1.165, 1.54) is 12.8 Å². The van der Waals surface area contributed by atoms with Gasteiger partial charge in [-0.3, -0.25) is 4.79 Å². The van der Waals surface area contributed by atoms with E-state index >= 15 is 0 Å². The number of hydrogen-bond acceptors (Lipinski definition) is 3. The Morgan fingerprint density at radius 1 is 1.62 bits per heavy atom. The molecule has 2 fully saturated rings. The molecule has 0 radical (unpaired) electrons. The number of ether oxygens (including phenoxy) is 1. The first-order valence-electron chi connectivity index (χ1n) is 4.71. The molecular weight excluding hydrogens is 170 g/mol. The molecule has 13 heavy (non-hydrogen) atoms. The SMILES string of the molecule is NC1(CC(=O)O)COC(C2CC2)C1. The molecule has 1 saturated heterocycles. The fraction of sp³-hybridized carbons (Fsp3) is 0.889. The zero-order valence-corrected chi connectivity index (χ0v) is 7.53. The average molecular weight is 185 g/mol. The summed E-state index contributed by atoms with van der Waals surface area (Å²) >= 11 is 0. The van der Waals surface area contributed by atoms with Gasteiger partial charge in [-0.2, -0.15) is 0 Å². The summed E-state index contributed by atoms with van der Waals surface area (Å²) in [6, 6.07) is 0. The van der Waals surface area contributed by atoms with Gasteiger partial charge in [0.1, 0.15) is 0 Å². The van der Waals surface area contributed by atoms with Crippen LogP contribution in [0.4, 0.5) is 0 Å². The van der Waals surface area contributed by atoms with Crippen LogP contribution in [0, 0.1) is 5.92 Å². The van der Waals surface area contributed by atoms with Crippen LogP contribution in [0.2, 0.25) is 0 Å². The number of nitrogens with two attached hydrogens (primary N) is 1. The highest BCUT2D eigenvalue weighted by Crippen LogP contribution is 2.41. The lowest BCUT2D eigenvalue weighted by atomic mass is 9.92.